The second-order valence-electron chi connectivity index (χ2n) is 2.75. The lowest BCUT2D eigenvalue weighted by Crippen LogP contribution is -2.28. The third kappa shape index (κ3) is 1.99. The van der Waals surface area contributed by atoms with E-state index in [-0.39, 0.29) is 6.04 Å². The van der Waals surface area contributed by atoms with Gasteiger partial charge in [-0.3, -0.25) is 5.84 Å². The van der Waals surface area contributed by atoms with Crippen LogP contribution in [0.25, 0.3) is 0 Å². The van der Waals surface area contributed by atoms with Crippen LogP contribution in [-0.4, -0.2) is 9.97 Å². The Kier molecular flexibility index (Phi) is 3.13. The van der Waals surface area contributed by atoms with Crippen molar-refractivity contribution in [1.29, 1.82) is 0 Å². The van der Waals surface area contributed by atoms with Gasteiger partial charge in [0.15, 0.2) is 0 Å². The molecule has 0 amide bonds. The molecule has 1 rings (SSSR count). The molecule has 1 unspecified atom stereocenters. The summed E-state index contributed by atoms with van der Waals surface area (Å²) >= 11 is 0. The predicted octanol–water partition coefficient (Wildman–Crippen LogP) is 0.699. The molecule has 1 heterocycles. The number of aryl methyl sites for hydroxylation is 1. The lowest BCUT2D eigenvalue weighted by atomic mass is 10.2. The number of nitrogens with two attached hydrogens (primary N) is 1. The minimum absolute atomic E-state index is 0.0607. The Bertz CT molecular complexity index is 227. The third-order valence-electron chi connectivity index (χ3n) is 1.72. The summed E-state index contributed by atoms with van der Waals surface area (Å²) in [6.07, 6.45) is 4.48. The summed E-state index contributed by atoms with van der Waals surface area (Å²) < 4.78 is 0. The first-order valence-corrected chi connectivity index (χ1v) is 4.02. The lowest BCUT2D eigenvalue weighted by Gasteiger charge is -2.10. The number of rotatable bonds is 3. The van der Waals surface area contributed by atoms with Gasteiger partial charge in [0, 0.05) is 12.4 Å². The number of nitrogens with zero attached hydrogens (tertiary/aromatic N) is 2. The second-order valence-corrected chi connectivity index (χ2v) is 2.75. The zero-order chi connectivity index (χ0) is 8.97. The van der Waals surface area contributed by atoms with E-state index in [4.69, 9.17) is 5.84 Å². The van der Waals surface area contributed by atoms with Crippen molar-refractivity contribution in [3.05, 3.63) is 23.8 Å². The largest absolute Gasteiger partial charge is 0.271 e. The summed E-state index contributed by atoms with van der Waals surface area (Å²) in [7, 11) is 0. The molecule has 0 radical (unpaired) electrons. The molecule has 0 aliphatic heterocycles. The van der Waals surface area contributed by atoms with Crippen molar-refractivity contribution in [3.8, 4) is 0 Å². The average Bonchev–Trinajstić information content (AvgIpc) is 2.10. The molecular weight excluding hydrogens is 152 g/mol. The molecule has 4 heteroatoms. The first kappa shape index (κ1) is 9.09. The van der Waals surface area contributed by atoms with Crippen molar-refractivity contribution in [2.24, 2.45) is 5.84 Å². The van der Waals surface area contributed by atoms with Crippen molar-refractivity contribution < 1.29 is 0 Å². The van der Waals surface area contributed by atoms with Crippen molar-refractivity contribution in [2.75, 3.05) is 0 Å². The minimum Gasteiger partial charge on any atom is -0.271 e. The van der Waals surface area contributed by atoms with Crippen molar-refractivity contribution in [2.45, 2.75) is 26.3 Å². The number of hydrogen-bond donors (Lipinski definition) is 2. The van der Waals surface area contributed by atoms with E-state index in [1.807, 2.05) is 13.8 Å². The molecule has 4 nitrogen and oxygen atoms in total. The second kappa shape index (κ2) is 4.13. The fourth-order valence-corrected chi connectivity index (χ4v) is 0.957. The molecule has 1 atom stereocenters. The number of hydrogen-bond acceptors (Lipinski definition) is 4. The summed E-state index contributed by atoms with van der Waals surface area (Å²) in [4.78, 5) is 8.33. The van der Waals surface area contributed by atoms with E-state index in [1.54, 1.807) is 12.4 Å². The predicted molar refractivity (Wildman–Crippen MR) is 47.1 cm³/mol. The van der Waals surface area contributed by atoms with Crippen LogP contribution >= 0.6 is 0 Å². The van der Waals surface area contributed by atoms with E-state index in [1.165, 1.54) is 0 Å². The fourth-order valence-electron chi connectivity index (χ4n) is 0.957. The molecule has 0 aromatic carbocycles. The third-order valence-corrected chi connectivity index (χ3v) is 1.72. The molecule has 1 aromatic heterocycles. The Morgan fingerprint density at radius 1 is 1.50 bits per heavy atom. The Hall–Kier alpha value is -1.00. The van der Waals surface area contributed by atoms with Crippen molar-refractivity contribution >= 4 is 0 Å². The van der Waals surface area contributed by atoms with Gasteiger partial charge in [-0.1, -0.05) is 6.92 Å². The number of hydrazine groups is 1. The van der Waals surface area contributed by atoms with Crippen LogP contribution in [0, 0.1) is 6.92 Å². The van der Waals surface area contributed by atoms with Gasteiger partial charge in [-0.05, 0) is 18.9 Å². The van der Waals surface area contributed by atoms with E-state index in [9.17, 15) is 0 Å². The van der Waals surface area contributed by atoms with Crippen molar-refractivity contribution in [3.63, 3.8) is 0 Å². The van der Waals surface area contributed by atoms with Crippen LogP contribution in [0.15, 0.2) is 12.4 Å². The molecule has 12 heavy (non-hydrogen) atoms. The Morgan fingerprint density at radius 2 is 2.08 bits per heavy atom. The minimum atomic E-state index is 0.0607. The van der Waals surface area contributed by atoms with Crippen LogP contribution in [0.5, 0.6) is 0 Å². The summed E-state index contributed by atoms with van der Waals surface area (Å²) in [6.45, 7) is 3.99. The normalized spacial score (nSPS) is 12.9. The highest BCUT2D eigenvalue weighted by atomic mass is 15.2. The van der Waals surface area contributed by atoms with Crippen LogP contribution in [0.3, 0.4) is 0 Å². The molecule has 0 bridgehead atoms. The van der Waals surface area contributed by atoms with E-state index >= 15 is 0 Å². The van der Waals surface area contributed by atoms with Crippen LogP contribution in [0.4, 0.5) is 0 Å². The van der Waals surface area contributed by atoms with Crippen LogP contribution in [0.2, 0.25) is 0 Å². The highest BCUT2D eigenvalue weighted by Crippen LogP contribution is 2.09. The van der Waals surface area contributed by atoms with Gasteiger partial charge in [0.05, 0.1) is 6.04 Å². The lowest BCUT2D eigenvalue weighted by molar-refractivity contribution is 0.510. The Morgan fingerprint density at radius 3 is 2.50 bits per heavy atom. The van der Waals surface area contributed by atoms with Crippen LogP contribution in [-0.2, 0) is 0 Å². The Labute approximate surface area is 72.2 Å². The first-order valence-electron chi connectivity index (χ1n) is 4.02. The fraction of sp³-hybridized carbons (Fsp3) is 0.500. The molecule has 0 spiro atoms. The van der Waals surface area contributed by atoms with Crippen LogP contribution in [0.1, 0.15) is 30.8 Å². The highest BCUT2D eigenvalue weighted by Gasteiger charge is 2.08. The SMILES string of the molecule is CCC(NN)c1ncc(C)cn1. The highest BCUT2D eigenvalue weighted by molar-refractivity contribution is 5.04. The molecule has 0 saturated carbocycles. The first-order chi connectivity index (χ1) is 5.77. The summed E-state index contributed by atoms with van der Waals surface area (Å²) in [5.41, 5.74) is 3.72. The van der Waals surface area contributed by atoms with Crippen LogP contribution < -0.4 is 11.3 Å². The summed E-state index contributed by atoms with van der Waals surface area (Å²) in [5.74, 6) is 6.08. The maximum atomic E-state index is 5.32. The average molecular weight is 166 g/mol. The van der Waals surface area contributed by atoms with Gasteiger partial charge in [0.25, 0.3) is 0 Å². The van der Waals surface area contributed by atoms with Crippen molar-refractivity contribution in [1.82, 2.24) is 15.4 Å². The molecule has 66 valence electrons. The molecule has 0 aliphatic rings. The van der Waals surface area contributed by atoms with E-state index in [0.717, 1.165) is 17.8 Å². The van der Waals surface area contributed by atoms with Gasteiger partial charge < -0.3 is 0 Å². The van der Waals surface area contributed by atoms with Gasteiger partial charge in [0.2, 0.25) is 0 Å². The summed E-state index contributed by atoms with van der Waals surface area (Å²) in [6, 6.07) is 0.0607. The van der Waals surface area contributed by atoms with Gasteiger partial charge in [0.1, 0.15) is 5.82 Å². The summed E-state index contributed by atoms with van der Waals surface area (Å²) in [5, 5.41) is 0. The number of nitrogens with one attached hydrogen (secondary N) is 1. The van der Waals surface area contributed by atoms with Gasteiger partial charge in [-0.2, -0.15) is 0 Å². The zero-order valence-corrected chi connectivity index (χ0v) is 7.41. The maximum Gasteiger partial charge on any atom is 0.146 e. The van der Waals surface area contributed by atoms with E-state index in [2.05, 4.69) is 15.4 Å². The van der Waals surface area contributed by atoms with Gasteiger partial charge in [-0.25, -0.2) is 15.4 Å². The monoisotopic (exact) mass is 166 g/mol. The van der Waals surface area contributed by atoms with E-state index in [0.29, 0.717) is 0 Å². The standard InChI is InChI=1S/C8H14N4/c1-3-7(12-9)8-10-4-6(2)5-11-8/h4-5,7,12H,3,9H2,1-2H3. The molecule has 0 aliphatic carbocycles. The number of aromatic nitrogens is 2. The smallest absolute Gasteiger partial charge is 0.146 e. The quantitative estimate of drug-likeness (QED) is 0.512. The molecule has 1 aromatic rings. The van der Waals surface area contributed by atoms with Gasteiger partial charge in [-0.15, -0.1) is 0 Å². The van der Waals surface area contributed by atoms with Gasteiger partial charge >= 0.3 is 0 Å². The Balaban J connectivity index is 2.80. The zero-order valence-electron chi connectivity index (χ0n) is 7.41. The molecule has 3 N–H and O–H groups in total. The molecular formula is C8H14N4. The maximum absolute atomic E-state index is 5.32. The molecule has 0 fully saturated rings. The van der Waals surface area contributed by atoms with E-state index < -0.39 is 0 Å². The topological polar surface area (TPSA) is 63.8 Å². The molecule has 0 saturated heterocycles.